The lowest BCUT2D eigenvalue weighted by molar-refractivity contribution is -0.115. The Hall–Kier alpha value is -3.46. The quantitative estimate of drug-likeness (QED) is 0.561. The molecule has 3 N–H and O–H groups in total. The van der Waals surface area contributed by atoms with Crippen LogP contribution in [0.3, 0.4) is 0 Å². The van der Waals surface area contributed by atoms with Crippen LogP contribution in [0, 0.1) is 0 Å². The highest BCUT2D eigenvalue weighted by molar-refractivity contribution is 7.22. The van der Waals surface area contributed by atoms with E-state index in [9.17, 15) is 14.4 Å². The Labute approximate surface area is 164 Å². The topological polar surface area (TPSA) is 109 Å². The van der Waals surface area contributed by atoms with E-state index >= 15 is 0 Å². The second-order valence-corrected chi connectivity index (χ2v) is 6.79. The van der Waals surface area contributed by atoms with E-state index in [2.05, 4.69) is 25.7 Å². The second kappa shape index (κ2) is 8.49. The predicted molar refractivity (Wildman–Crippen MR) is 109 cm³/mol. The predicted octanol–water partition coefficient (Wildman–Crippen LogP) is 4.08. The molecule has 144 valence electrons. The van der Waals surface area contributed by atoms with Crippen molar-refractivity contribution in [2.75, 3.05) is 23.1 Å². The molecule has 1 aromatic heterocycles. The maximum atomic E-state index is 12.2. The highest BCUT2D eigenvalue weighted by Crippen LogP contribution is 2.28. The van der Waals surface area contributed by atoms with E-state index in [0.29, 0.717) is 34.0 Å². The SMILES string of the molecule is CCC(=O)Nc1nc2cc(NC(=O)Nc3cccc(C(=O)OC)c3)ccc2s1. The van der Waals surface area contributed by atoms with E-state index < -0.39 is 12.0 Å². The molecule has 3 amide bonds. The summed E-state index contributed by atoms with van der Waals surface area (Å²) < 4.78 is 5.56. The van der Waals surface area contributed by atoms with Gasteiger partial charge in [0.05, 0.1) is 22.9 Å². The van der Waals surface area contributed by atoms with Crippen molar-refractivity contribution in [1.82, 2.24) is 4.98 Å². The van der Waals surface area contributed by atoms with Crippen molar-refractivity contribution in [3.05, 3.63) is 48.0 Å². The Morgan fingerprint density at radius 2 is 1.79 bits per heavy atom. The van der Waals surface area contributed by atoms with Crippen LogP contribution in [0.2, 0.25) is 0 Å². The Morgan fingerprint density at radius 3 is 2.50 bits per heavy atom. The Morgan fingerprint density at radius 1 is 1.04 bits per heavy atom. The summed E-state index contributed by atoms with van der Waals surface area (Å²) in [5.41, 5.74) is 2.01. The molecule has 3 aromatic rings. The summed E-state index contributed by atoms with van der Waals surface area (Å²) in [7, 11) is 1.29. The van der Waals surface area contributed by atoms with Gasteiger partial charge < -0.3 is 20.7 Å². The molecule has 0 unspecified atom stereocenters. The van der Waals surface area contributed by atoms with Crippen molar-refractivity contribution in [2.45, 2.75) is 13.3 Å². The van der Waals surface area contributed by atoms with Crippen LogP contribution >= 0.6 is 11.3 Å². The molecule has 0 aliphatic rings. The Kier molecular flexibility index (Phi) is 5.85. The number of esters is 1. The van der Waals surface area contributed by atoms with Crippen LogP contribution in [-0.4, -0.2) is 30.0 Å². The van der Waals surface area contributed by atoms with Crippen LogP contribution in [0.15, 0.2) is 42.5 Å². The molecule has 28 heavy (non-hydrogen) atoms. The number of hydrogen-bond acceptors (Lipinski definition) is 6. The summed E-state index contributed by atoms with van der Waals surface area (Å²) in [6.45, 7) is 1.77. The third-order valence-corrected chi connectivity index (χ3v) is 4.71. The fraction of sp³-hybridized carbons (Fsp3) is 0.158. The third-order valence-electron chi connectivity index (χ3n) is 3.75. The number of thiazole rings is 1. The van der Waals surface area contributed by atoms with Crippen LogP contribution in [0.1, 0.15) is 23.7 Å². The number of benzene rings is 2. The molecule has 0 atom stereocenters. The van der Waals surface area contributed by atoms with Crippen molar-refractivity contribution in [3.8, 4) is 0 Å². The number of aromatic nitrogens is 1. The fourth-order valence-corrected chi connectivity index (χ4v) is 3.26. The maximum Gasteiger partial charge on any atom is 0.337 e. The van der Waals surface area contributed by atoms with Gasteiger partial charge in [-0.05, 0) is 36.4 Å². The zero-order valence-electron chi connectivity index (χ0n) is 15.2. The maximum absolute atomic E-state index is 12.2. The van der Waals surface area contributed by atoms with Crippen molar-refractivity contribution in [2.24, 2.45) is 0 Å². The highest BCUT2D eigenvalue weighted by atomic mass is 32.1. The molecule has 0 aliphatic heterocycles. The Balaban J connectivity index is 1.69. The van der Waals surface area contributed by atoms with Gasteiger partial charge in [0.25, 0.3) is 0 Å². The lowest BCUT2D eigenvalue weighted by Crippen LogP contribution is -2.19. The summed E-state index contributed by atoms with van der Waals surface area (Å²) >= 11 is 1.36. The number of carbonyl (C=O) groups excluding carboxylic acids is 3. The average molecular weight is 398 g/mol. The molecule has 0 bridgehead atoms. The van der Waals surface area contributed by atoms with Crippen LogP contribution < -0.4 is 16.0 Å². The molecule has 0 aliphatic carbocycles. The number of fused-ring (bicyclic) bond motifs is 1. The Bertz CT molecular complexity index is 1050. The molecule has 0 saturated heterocycles. The number of urea groups is 1. The first kappa shape index (κ1) is 19.3. The van der Waals surface area contributed by atoms with Crippen LogP contribution in [-0.2, 0) is 9.53 Å². The first-order valence-electron chi connectivity index (χ1n) is 8.45. The first-order chi connectivity index (χ1) is 13.5. The summed E-state index contributed by atoms with van der Waals surface area (Å²) in [4.78, 5) is 39.7. The smallest absolute Gasteiger partial charge is 0.337 e. The molecule has 8 nitrogen and oxygen atoms in total. The number of amides is 3. The highest BCUT2D eigenvalue weighted by Gasteiger charge is 2.10. The van der Waals surface area contributed by atoms with Crippen molar-refractivity contribution in [3.63, 3.8) is 0 Å². The van der Waals surface area contributed by atoms with E-state index in [1.165, 1.54) is 24.5 Å². The molecule has 0 fully saturated rings. The molecule has 0 radical (unpaired) electrons. The number of hydrogen-bond donors (Lipinski definition) is 3. The molecule has 0 saturated carbocycles. The number of rotatable bonds is 5. The van der Waals surface area contributed by atoms with Gasteiger partial charge in [-0.25, -0.2) is 14.6 Å². The number of ether oxygens (including phenoxy) is 1. The normalized spacial score (nSPS) is 10.4. The fourth-order valence-electron chi connectivity index (χ4n) is 2.40. The average Bonchev–Trinajstić information content (AvgIpc) is 3.08. The van der Waals surface area contributed by atoms with E-state index in [0.717, 1.165) is 4.70 Å². The summed E-state index contributed by atoms with van der Waals surface area (Å²) in [6, 6.07) is 11.3. The van der Waals surface area contributed by atoms with Crippen LogP contribution in [0.5, 0.6) is 0 Å². The third kappa shape index (κ3) is 4.63. The van der Waals surface area contributed by atoms with Gasteiger partial charge in [0.15, 0.2) is 5.13 Å². The van der Waals surface area contributed by atoms with Gasteiger partial charge in [0.1, 0.15) is 0 Å². The van der Waals surface area contributed by atoms with Crippen LogP contribution in [0.25, 0.3) is 10.2 Å². The molecule has 0 spiro atoms. The summed E-state index contributed by atoms with van der Waals surface area (Å²) in [5, 5.41) is 8.62. The number of nitrogens with one attached hydrogen (secondary N) is 3. The van der Waals surface area contributed by atoms with Gasteiger partial charge >= 0.3 is 12.0 Å². The molecule has 2 aromatic carbocycles. The number of nitrogens with zero attached hydrogens (tertiary/aromatic N) is 1. The molecule has 9 heteroatoms. The van der Waals surface area contributed by atoms with Crippen molar-refractivity contribution >= 4 is 56.0 Å². The zero-order chi connectivity index (χ0) is 20.1. The molecular weight excluding hydrogens is 380 g/mol. The molecule has 3 rings (SSSR count). The summed E-state index contributed by atoms with van der Waals surface area (Å²) in [5.74, 6) is -0.588. The van der Waals surface area contributed by atoms with Gasteiger partial charge in [-0.15, -0.1) is 0 Å². The monoisotopic (exact) mass is 398 g/mol. The lowest BCUT2D eigenvalue weighted by Gasteiger charge is -2.08. The number of carbonyl (C=O) groups is 3. The number of anilines is 3. The van der Waals surface area contributed by atoms with E-state index in [-0.39, 0.29) is 5.91 Å². The van der Waals surface area contributed by atoms with Crippen molar-refractivity contribution in [1.29, 1.82) is 0 Å². The summed E-state index contributed by atoms with van der Waals surface area (Å²) in [6.07, 6.45) is 0.375. The minimum Gasteiger partial charge on any atom is -0.465 e. The van der Waals surface area contributed by atoms with E-state index in [4.69, 9.17) is 0 Å². The van der Waals surface area contributed by atoms with Crippen molar-refractivity contribution < 1.29 is 19.1 Å². The largest absolute Gasteiger partial charge is 0.465 e. The molecule has 1 heterocycles. The zero-order valence-corrected chi connectivity index (χ0v) is 16.1. The number of methoxy groups -OCH3 is 1. The van der Waals surface area contributed by atoms with E-state index in [1.807, 2.05) is 6.07 Å². The lowest BCUT2D eigenvalue weighted by atomic mass is 10.2. The molecular formula is C19H18N4O4S. The van der Waals surface area contributed by atoms with Gasteiger partial charge in [0, 0.05) is 17.8 Å². The van der Waals surface area contributed by atoms with Gasteiger partial charge in [0.2, 0.25) is 5.91 Å². The van der Waals surface area contributed by atoms with Gasteiger partial charge in [-0.2, -0.15) is 0 Å². The minimum atomic E-state index is -0.482. The second-order valence-electron chi connectivity index (χ2n) is 5.75. The standard InChI is InChI=1S/C19H18N4O4S/c1-3-16(24)23-19-22-14-10-13(7-8-15(14)28-19)21-18(26)20-12-6-4-5-11(9-12)17(25)27-2/h4-10H,3H2,1-2H3,(H2,20,21,26)(H,22,23,24). The van der Waals surface area contributed by atoms with E-state index in [1.54, 1.807) is 37.3 Å². The van der Waals surface area contributed by atoms with Crippen LogP contribution in [0.4, 0.5) is 21.3 Å². The van der Waals surface area contributed by atoms with Gasteiger partial charge in [-0.1, -0.05) is 24.3 Å². The first-order valence-corrected chi connectivity index (χ1v) is 9.27. The minimum absolute atomic E-state index is 0.106. The van der Waals surface area contributed by atoms with Gasteiger partial charge in [-0.3, -0.25) is 4.79 Å².